The first-order valence-corrected chi connectivity index (χ1v) is 10.5. The summed E-state index contributed by atoms with van der Waals surface area (Å²) in [5, 5.41) is 0.369. The van der Waals surface area contributed by atoms with E-state index >= 15 is 0 Å². The van der Waals surface area contributed by atoms with Crippen LogP contribution in [0.25, 0.3) is 0 Å². The van der Waals surface area contributed by atoms with E-state index in [1.165, 1.54) is 0 Å². The molecule has 0 aromatic heterocycles. The van der Waals surface area contributed by atoms with E-state index in [-0.39, 0.29) is 30.2 Å². The minimum atomic E-state index is -2.89. The van der Waals surface area contributed by atoms with Gasteiger partial charge in [0, 0.05) is 37.8 Å². The van der Waals surface area contributed by atoms with Crippen molar-refractivity contribution in [1.29, 1.82) is 0 Å². The van der Waals surface area contributed by atoms with Crippen LogP contribution in [0.2, 0.25) is 5.02 Å². The first-order chi connectivity index (χ1) is 11.9. The molecule has 0 saturated carbocycles. The number of carbonyl (C=O) groups excluding carboxylic acids is 1. The molecule has 1 amide bonds. The molecular formula is C16H19ClN2O5S. The van der Waals surface area contributed by atoms with Gasteiger partial charge in [0.15, 0.2) is 21.3 Å². The smallest absolute Gasteiger partial charge is 0.254 e. The summed E-state index contributed by atoms with van der Waals surface area (Å²) in [5.41, 5.74) is 0.478. The van der Waals surface area contributed by atoms with Crippen LogP contribution in [0.4, 0.5) is 0 Å². The lowest BCUT2D eigenvalue weighted by Gasteiger charge is -2.37. The zero-order valence-corrected chi connectivity index (χ0v) is 15.2. The number of carbonyl (C=O) groups is 1. The Hall–Kier alpha value is -1.51. The monoisotopic (exact) mass is 386 g/mol. The van der Waals surface area contributed by atoms with Gasteiger partial charge in [0.1, 0.15) is 0 Å². The summed E-state index contributed by atoms with van der Waals surface area (Å²) in [5.74, 6) is 1.38. The van der Waals surface area contributed by atoms with Crippen LogP contribution >= 0.6 is 11.6 Å². The molecule has 136 valence electrons. The number of rotatable bonds is 2. The van der Waals surface area contributed by atoms with Gasteiger partial charge in [-0.15, -0.1) is 0 Å². The minimum absolute atomic E-state index is 0.0854. The SMILES string of the molecule is O=C(c1cc(Cl)c2c(c1)OCO2)N1CCN([C@H]2CCS(=O)(=O)C2)CC1. The Morgan fingerprint density at radius 3 is 2.60 bits per heavy atom. The van der Waals surface area contributed by atoms with Gasteiger partial charge in [-0.25, -0.2) is 8.42 Å². The number of benzene rings is 1. The molecule has 0 spiro atoms. The first kappa shape index (κ1) is 16.9. The van der Waals surface area contributed by atoms with E-state index in [4.69, 9.17) is 21.1 Å². The third-order valence-corrected chi connectivity index (χ3v) is 7.03. The van der Waals surface area contributed by atoms with Crippen molar-refractivity contribution >= 4 is 27.3 Å². The number of amides is 1. The summed E-state index contributed by atoms with van der Waals surface area (Å²) in [6.07, 6.45) is 0.689. The number of halogens is 1. The van der Waals surface area contributed by atoms with Crippen molar-refractivity contribution in [2.75, 3.05) is 44.5 Å². The van der Waals surface area contributed by atoms with Gasteiger partial charge in [-0.3, -0.25) is 9.69 Å². The van der Waals surface area contributed by atoms with E-state index in [1.807, 2.05) is 0 Å². The van der Waals surface area contributed by atoms with Crippen LogP contribution in [0.1, 0.15) is 16.8 Å². The standard InChI is InChI=1S/C16H19ClN2O5S/c17-13-7-11(8-14-15(13)24-10-23-14)16(20)19-4-2-18(3-5-19)12-1-6-25(21,22)9-12/h7-8,12H,1-6,9-10H2/t12-/m0/s1. The van der Waals surface area contributed by atoms with Gasteiger partial charge < -0.3 is 14.4 Å². The number of nitrogens with zero attached hydrogens (tertiary/aromatic N) is 2. The van der Waals surface area contributed by atoms with Crippen LogP contribution in [0.15, 0.2) is 12.1 Å². The van der Waals surface area contributed by atoms with E-state index in [2.05, 4.69) is 4.90 Å². The molecule has 0 aliphatic carbocycles. The molecule has 0 radical (unpaired) electrons. The van der Waals surface area contributed by atoms with Gasteiger partial charge >= 0.3 is 0 Å². The molecule has 1 aromatic rings. The van der Waals surface area contributed by atoms with Gasteiger partial charge in [-0.2, -0.15) is 0 Å². The van der Waals surface area contributed by atoms with Crippen LogP contribution in [0, 0.1) is 0 Å². The maximum absolute atomic E-state index is 12.7. The van der Waals surface area contributed by atoms with Crippen LogP contribution in [-0.4, -0.2) is 74.6 Å². The Bertz CT molecular complexity index is 805. The molecule has 1 aromatic carbocycles. The molecule has 9 heteroatoms. The molecule has 2 saturated heterocycles. The topological polar surface area (TPSA) is 76.2 Å². The van der Waals surface area contributed by atoms with Gasteiger partial charge in [-0.1, -0.05) is 11.6 Å². The summed E-state index contributed by atoms with van der Waals surface area (Å²) in [6.45, 7) is 2.62. The second-order valence-corrected chi connectivity index (χ2v) is 9.21. The Morgan fingerprint density at radius 1 is 1.16 bits per heavy atom. The minimum Gasteiger partial charge on any atom is -0.454 e. The number of ether oxygens (including phenoxy) is 2. The Morgan fingerprint density at radius 2 is 1.92 bits per heavy atom. The quantitative estimate of drug-likeness (QED) is 0.755. The van der Waals surface area contributed by atoms with Crippen LogP contribution in [0.5, 0.6) is 11.5 Å². The van der Waals surface area contributed by atoms with Crippen LogP contribution < -0.4 is 9.47 Å². The molecule has 3 heterocycles. The lowest BCUT2D eigenvalue weighted by molar-refractivity contribution is 0.0587. The first-order valence-electron chi connectivity index (χ1n) is 8.26. The van der Waals surface area contributed by atoms with Crippen molar-refractivity contribution in [3.8, 4) is 11.5 Å². The summed E-state index contributed by atoms with van der Waals surface area (Å²) in [6, 6.07) is 3.35. The molecule has 2 fully saturated rings. The molecule has 1 atom stereocenters. The van der Waals surface area contributed by atoms with Crippen molar-refractivity contribution in [2.24, 2.45) is 0 Å². The summed E-state index contributed by atoms with van der Waals surface area (Å²) < 4.78 is 33.9. The highest BCUT2D eigenvalue weighted by Crippen LogP contribution is 2.40. The zero-order valence-electron chi connectivity index (χ0n) is 13.6. The number of fused-ring (bicyclic) bond motifs is 1. The largest absolute Gasteiger partial charge is 0.454 e. The average molecular weight is 387 g/mol. The van der Waals surface area contributed by atoms with Gasteiger partial charge in [-0.05, 0) is 18.6 Å². The molecule has 4 rings (SSSR count). The molecule has 0 unspecified atom stereocenters. The molecule has 0 N–H and O–H groups in total. The molecule has 3 aliphatic heterocycles. The van der Waals surface area contributed by atoms with Crippen molar-refractivity contribution in [3.05, 3.63) is 22.7 Å². The lowest BCUT2D eigenvalue weighted by Crippen LogP contribution is -2.52. The molecular weight excluding hydrogens is 368 g/mol. The Labute approximate surface area is 151 Å². The normalized spacial score (nSPS) is 25.3. The van der Waals surface area contributed by atoms with Crippen molar-refractivity contribution in [2.45, 2.75) is 12.5 Å². The second kappa shape index (κ2) is 6.34. The second-order valence-electron chi connectivity index (χ2n) is 6.58. The highest BCUT2D eigenvalue weighted by molar-refractivity contribution is 7.91. The third-order valence-electron chi connectivity index (χ3n) is 5.00. The Balaban J connectivity index is 1.41. The van der Waals surface area contributed by atoms with E-state index in [0.717, 1.165) is 0 Å². The van der Waals surface area contributed by atoms with E-state index in [9.17, 15) is 13.2 Å². The summed E-state index contributed by atoms with van der Waals surface area (Å²) in [4.78, 5) is 16.7. The van der Waals surface area contributed by atoms with E-state index in [1.54, 1.807) is 17.0 Å². The van der Waals surface area contributed by atoms with Crippen LogP contribution in [0.3, 0.4) is 0 Å². The van der Waals surface area contributed by atoms with E-state index < -0.39 is 9.84 Å². The van der Waals surface area contributed by atoms with Crippen molar-refractivity contribution in [3.63, 3.8) is 0 Å². The number of hydrogen-bond donors (Lipinski definition) is 0. The van der Waals surface area contributed by atoms with Crippen LogP contribution in [-0.2, 0) is 9.84 Å². The zero-order chi connectivity index (χ0) is 17.6. The molecule has 0 bridgehead atoms. The number of piperazine rings is 1. The maximum atomic E-state index is 12.7. The highest BCUT2D eigenvalue weighted by atomic mass is 35.5. The fraction of sp³-hybridized carbons (Fsp3) is 0.562. The summed E-state index contributed by atoms with van der Waals surface area (Å²) in [7, 11) is -2.89. The predicted molar refractivity (Wildman–Crippen MR) is 92.1 cm³/mol. The maximum Gasteiger partial charge on any atom is 0.254 e. The molecule has 7 nitrogen and oxygen atoms in total. The van der Waals surface area contributed by atoms with Gasteiger partial charge in [0.2, 0.25) is 6.79 Å². The predicted octanol–water partition coefficient (Wildman–Crippen LogP) is 1.01. The molecule has 25 heavy (non-hydrogen) atoms. The summed E-state index contributed by atoms with van der Waals surface area (Å²) >= 11 is 6.15. The number of hydrogen-bond acceptors (Lipinski definition) is 6. The lowest BCUT2D eigenvalue weighted by atomic mass is 10.1. The molecule has 3 aliphatic rings. The fourth-order valence-corrected chi connectivity index (χ4v) is 5.65. The third kappa shape index (κ3) is 3.30. The van der Waals surface area contributed by atoms with E-state index in [0.29, 0.717) is 54.7 Å². The van der Waals surface area contributed by atoms with Gasteiger partial charge in [0.05, 0.1) is 16.5 Å². The highest BCUT2D eigenvalue weighted by Gasteiger charge is 2.34. The van der Waals surface area contributed by atoms with Gasteiger partial charge in [0.25, 0.3) is 5.91 Å². The fourth-order valence-electron chi connectivity index (χ4n) is 3.63. The Kier molecular flexibility index (Phi) is 4.29. The van der Waals surface area contributed by atoms with Crippen molar-refractivity contribution in [1.82, 2.24) is 9.80 Å². The van der Waals surface area contributed by atoms with Crippen molar-refractivity contribution < 1.29 is 22.7 Å². The number of sulfone groups is 1. The average Bonchev–Trinajstić information content (AvgIpc) is 3.20.